The largest absolute Gasteiger partial charge is 0.272 e. The van der Waals surface area contributed by atoms with Crippen LogP contribution in [-0.4, -0.2) is 9.78 Å². The van der Waals surface area contributed by atoms with E-state index in [1.165, 1.54) is 3.57 Å². The van der Waals surface area contributed by atoms with Gasteiger partial charge in [-0.25, -0.2) is 5.43 Å². The van der Waals surface area contributed by atoms with Crippen LogP contribution in [0, 0.1) is 3.57 Å². The van der Waals surface area contributed by atoms with E-state index in [9.17, 15) is 0 Å². The number of aromatic nitrogens is 2. The van der Waals surface area contributed by atoms with Crippen LogP contribution in [0.2, 0.25) is 0 Å². The van der Waals surface area contributed by atoms with E-state index in [0.29, 0.717) is 0 Å². The van der Waals surface area contributed by atoms with Gasteiger partial charge in [-0.3, -0.25) is 10.5 Å². The van der Waals surface area contributed by atoms with Crippen molar-refractivity contribution in [2.75, 3.05) is 0 Å². The summed E-state index contributed by atoms with van der Waals surface area (Å²) in [6, 6.07) is 6.14. The Labute approximate surface area is 135 Å². The highest BCUT2D eigenvalue weighted by molar-refractivity contribution is 14.1. The van der Waals surface area contributed by atoms with Crippen LogP contribution in [0.3, 0.4) is 0 Å². The third-order valence-corrected chi connectivity index (χ3v) is 4.35. The minimum Gasteiger partial charge on any atom is -0.272 e. The number of nitrogens with one attached hydrogen (secondary N) is 1. The maximum Gasteiger partial charge on any atom is 0.0751 e. The summed E-state index contributed by atoms with van der Waals surface area (Å²) in [6.07, 6.45) is 4.98. The minimum atomic E-state index is -0.0463. The van der Waals surface area contributed by atoms with Crippen LogP contribution < -0.4 is 11.3 Å². The highest BCUT2D eigenvalue weighted by Crippen LogP contribution is 2.28. The zero-order chi connectivity index (χ0) is 13.8. The Balaban J connectivity index is 2.35. The highest BCUT2D eigenvalue weighted by Gasteiger charge is 2.17. The van der Waals surface area contributed by atoms with Gasteiger partial charge in [0.05, 0.1) is 12.2 Å². The smallest absolute Gasteiger partial charge is 0.0751 e. The van der Waals surface area contributed by atoms with Crippen LogP contribution in [0.5, 0.6) is 0 Å². The minimum absolute atomic E-state index is 0.0463. The summed E-state index contributed by atoms with van der Waals surface area (Å²) in [7, 11) is 0. The molecule has 102 valence electrons. The Morgan fingerprint density at radius 3 is 3.00 bits per heavy atom. The fourth-order valence-corrected chi connectivity index (χ4v) is 3.01. The number of halogens is 2. The lowest BCUT2D eigenvalue weighted by Gasteiger charge is -2.16. The van der Waals surface area contributed by atoms with Gasteiger partial charge in [-0.1, -0.05) is 22.9 Å². The van der Waals surface area contributed by atoms with Crippen LogP contribution in [0.1, 0.15) is 30.5 Å². The topological polar surface area (TPSA) is 55.9 Å². The number of aryl methyl sites for hydroxylation is 1. The molecule has 0 amide bonds. The molecule has 2 aromatic rings. The monoisotopic (exact) mass is 434 g/mol. The lowest BCUT2D eigenvalue weighted by atomic mass is 10.0. The molecule has 3 N–H and O–H groups in total. The normalized spacial score (nSPS) is 12.6. The first-order valence-electron chi connectivity index (χ1n) is 6.09. The van der Waals surface area contributed by atoms with Gasteiger partial charge in [0.2, 0.25) is 0 Å². The fourth-order valence-electron chi connectivity index (χ4n) is 1.98. The molecule has 1 heterocycles. The van der Waals surface area contributed by atoms with Crippen LogP contribution in [0.4, 0.5) is 0 Å². The number of hydrogen-bond donors (Lipinski definition) is 2. The molecule has 0 aliphatic rings. The van der Waals surface area contributed by atoms with Crippen molar-refractivity contribution >= 4 is 38.5 Å². The number of nitrogens with two attached hydrogens (primary N) is 1. The quantitative estimate of drug-likeness (QED) is 0.431. The van der Waals surface area contributed by atoms with Gasteiger partial charge in [0, 0.05) is 26.3 Å². The summed E-state index contributed by atoms with van der Waals surface area (Å²) >= 11 is 5.83. The average Bonchev–Trinajstić information content (AvgIpc) is 2.83. The van der Waals surface area contributed by atoms with Crippen LogP contribution in [0.25, 0.3) is 0 Å². The molecule has 0 radical (unpaired) electrons. The van der Waals surface area contributed by atoms with Gasteiger partial charge in [-0.15, -0.1) is 0 Å². The van der Waals surface area contributed by atoms with Crippen molar-refractivity contribution < 1.29 is 0 Å². The SMILES string of the molecule is CCCn1cc(C(NN)c2cc(Br)ccc2I)cn1. The summed E-state index contributed by atoms with van der Waals surface area (Å²) in [5.41, 5.74) is 5.10. The van der Waals surface area contributed by atoms with Gasteiger partial charge in [-0.05, 0) is 52.8 Å². The summed E-state index contributed by atoms with van der Waals surface area (Å²) in [5.74, 6) is 5.73. The molecule has 0 bridgehead atoms. The van der Waals surface area contributed by atoms with Crippen LogP contribution >= 0.6 is 38.5 Å². The molecule has 0 aliphatic heterocycles. The van der Waals surface area contributed by atoms with Gasteiger partial charge in [0.25, 0.3) is 0 Å². The Morgan fingerprint density at radius 1 is 1.53 bits per heavy atom. The lowest BCUT2D eigenvalue weighted by Crippen LogP contribution is -2.29. The first-order valence-corrected chi connectivity index (χ1v) is 7.96. The Morgan fingerprint density at radius 2 is 2.32 bits per heavy atom. The Kier molecular flexibility index (Phi) is 5.37. The van der Waals surface area contributed by atoms with E-state index in [2.05, 4.69) is 68.1 Å². The van der Waals surface area contributed by atoms with Crippen LogP contribution in [-0.2, 0) is 6.54 Å². The number of hydrogen-bond acceptors (Lipinski definition) is 3. The number of rotatable bonds is 5. The molecule has 0 saturated carbocycles. The molecule has 0 aliphatic carbocycles. The summed E-state index contributed by atoms with van der Waals surface area (Å²) in [5, 5.41) is 4.36. The van der Waals surface area contributed by atoms with E-state index in [1.807, 2.05) is 23.1 Å². The zero-order valence-corrected chi connectivity index (χ0v) is 14.3. The van der Waals surface area contributed by atoms with E-state index >= 15 is 0 Å². The van der Waals surface area contributed by atoms with Gasteiger partial charge in [-0.2, -0.15) is 5.10 Å². The molecule has 0 spiro atoms. The van der Waals surface area contributed by atoms with Crippen molar-refractivity contribution in [1.29, 1.82) is 0 Å². The van der Waals surface area contributed by atoms with E-state index in [-0.39, 0.29) is 6.04 Å². The van der Waals surface area contributed by atoms with E-state index in [1.54, 1.807) is 0 Å². The second-order valence-electron chi connectivity index (χ2n) is 4.30. The van der Waals surface area contributed by atoms with Crippen LogP contribution in [0.15, 0.2) is 35.1 Å². The summed E-state index contributed by atoms with van der Waals surface area (Å²) in [6.45, 7) is 3.06. The first-order chi connectivity index (χ1) is 9.15. The predicted molar refractivity (Wildman–Crippen MR) is 88.5 cm³/mol. The average molecular weight is 435 g/mol. The fraction of sp³-hybridized carbons (Fsp3) is 0.308. The zero-order valence-electron chi connectivity index (χ0n) is 10.6. The predicted octanol–water partition coefficient (Wildman–Crippen LogP) is 3.21. The van der Waals surface area contributed by atoms with Crippen molar-refractivity contribution in [2.24, 2.45) is 5.84 Å². The Bertz CT molecular complexity index is 555. The molecule has 19 heavy (non-hydrogen) atoms. The molecule has 4 nitrogen and oxygen atoms in total. The van der Waals surface area contributed by atoms with Gasteiger partial charge < -0.3 is 0 Å². The summed E-state index contributed by atoms with van der Waals surface area (Å²) < 4.78 is 4.17. The Hall–Kier alpha value is -0.440. The maximum atomic E-state index is 5.73. The number of hydrazine groups is 1. The maximum absolute atomic E-state index is 5.73. The molecular formula is C13H16BrIN4. The summed E-state index contributed by atoms with van der Waals surface area (Å²) in [4.78, 5) is 0. The number of benzene rings is 1. The van der Waals surface area contributed by atoms with Crippen molar-refractivity contribution in [2.45, 2.75) is 25.9 Å². The molecule has 6 heteroatoms. The third-order valence-electron chi connectivity index (χ3n) is 2.87. The van der Waals surface area contributed by atoms with Crippen molar-refractivity contribution in [3.05, 3.63) is 49.8 Å². The molecule has 1 aromatic heterocycles. The van der Waals surface area contributed by atoms with Crippen molar-refractivity contribution in [1.82, 2.24) is 15.2 Å². The molecule has 1 atom stereocenters. The molecular weight excluding hydrogens is 419 g/mol. The van der Waals surface area contributed by atoms with Crippen molar-refractivity contribution in [3.63, 3.8) is 0 Å². The van der Waals surface area contributed by atoms with E-state index in [0.717, 1.165) is 28.6 Å². The van der Waals surface area contributed by atoms with Gasteiger partial charge in [0.1, 0.15) is 0 Å². The van der Waals surface area contributed by atoms with Gasteiger partial charge in [0.15, 0.2) is 0 Å². The standard InChI is InChI=1S/C13H16BrIN4/c1-2-5-19-8-9(7-17-19)13(18-16)11-6-10(14)3-4-12(11)15/h3-4,6-8,13,18H,2,5,16H2,1H3. The highest BCUT2D eigenvalue weighted by atomic mass is 127. The van der Waals surface area contributed by atoms with E-state index < -0.39 is 0 Å². The van der Waals surface area contributed by atoms with Crippen molar-refractivity contribution in [3.8, 4) is 0 Å². The molecule has 0 fully saturated rings. The molecule has 1 aromatic carbocycles. The second-order valence-corrected chi connectivity index (χ2v) is 6.38. The number of nitrogens with zero attached hydrogens (tertiary/aromatic N) is 2. The first kappa shape index (κ1) is 15.0. The molecule has 0 saturated heterocycles. The van der Waals surface area contributed by atoms with E-state index in [4.69, 9.17) is 5.84 Å². The third kappa shape index (κ3) is 3.56. The van der Waals surface area contributed by atoms with Gasteiger partial charge >= 0.3 is 0 Å². The lowest BCUT2D eigenvalue weighted by molar-refractivity contribution is 0.597. The second kappa shape index (κ2) is 6.83. The molecule has 2 rings (SSSR count). The molecule has 1 unspecified atom stereocenters.